The number of carboxylic acids is 1. The first-order chi connectivity index (χ1) is 14.0. The molecule has 3 rings (SSSR count). The molecular formula is C19H19Cl2N3O4S2. The van der Waals surface area contributed by atoms with Crippen molar-refractivity contribution in [3.8, 4) is 6.07 Å². The van der Waals surface area contributed by atoms with Gasteiger partial charge in [-0.3, -0.25) is 9.59 Å². The minimum absolute atomic E-state index is 0.416. The van der Waals surface area contributed by atoms with Crippen LogP contribution in [0.1, 0.15) is 27.2 Å². The topological polar surface area (TPSA) is 111 Å². The van der Waals surface area contributed by atoms with Crippen LogP contribution < -0.4 is 5.32 Å². The summed E-state index contributed by atoms with van der Waals surface area (Å²) in [5.74, 6) is -2.33. The summed E-state index contributed by atoms with van der Waals surface area (Å²) in [7, 11) is 0. The Morgan fingerprint density at radius 3 is 2.67 bits per heavy atom. The van der Waals surface area contributed by atoms with Crippen molar-refractivity contribution in [1.29, 1.82) is 5.26 Å². The fourth-order valence-electron chi connectivity index (χ4n) is 3.62. The van der Waals surface area contributed by atoms with Crippen molar-refractivity contribution in [1.82, 2.24) is 10.2 Å². The lowest BCUT2D eigenvalue weighted by Gasteiger charge is -2.49. The van der Waals surface area contributed by atoms with Gasteiger partial charge in [0.05, 0.1) is 10.3 Å². The number of thioether (sulfide) groups is 2. The Hall–Kier alpha value is -1.60. The van der Waals surface area contributed by atoms with E-state index in [0.29, 0.717) is 21.4 Å². The van der Waals surface area contributed by atoms with Crippen LogP contribution in [-0.4, -0.2) is 54.7 Å². The van der Waals surface area contributed by atoms with Gasteiger partial charge in [-0.25, -0.2) is 4.79 Å². The van der Waals surface area contributed by atoms with Gasteiger partial charge in [0.1, 0.15) is 17.5 Å². The van der Waals surface area contributed by atoms with Gasteiger partial charge in [-0.15, -0.1) is 23.5 Å². The number of nitrogens with one attached hydrogen (secondary N) is 1. The van der Waals surface area contributed by atoms with Crippen LogP contribution in [0, 0.1) is 11.3 Å². The first-order valence-electron chi connectivity index (χ1n) is 9.07. The number of halogens is 2. The van der Waals surface area contributed by atoms with Crippen LogP contribution in [0.3, 0.4) is 0 Å². The Morgan fingerprint density at radius 1 is 1.43 bits per heavy atom. The van der Waals surface area contributed by atoms with E-state index in [9.17, 15) is 24.8 Å². The molecule has 0 bridgehead atoms. The molecule has 7 nitrogen and oxygen atoms in total. The number of fused-ring (bicyclic) bond motifs is 1. The van der Waals surface area contributed by atoms with Gasteiger partial charge in [0.15, 0.2) is 0 Å². The molecule has 0 radical (unpaired) electrons. The molecule has 160 valence electrons. The lowest BCUT2D eigenvalue weighted by atomic mass is 9.85. The molecule has 1 aromatic rings. The van der Waals surface area contributed by atoms with E-state index in [1.54, 1.807) is 39.0 Å². The second kappa shape index (κ2) is 8.15. The predicted molar refractivity (Wildman–Crippen MR) is 117 cm³/mol. The molecule has 30 heavy (non-hydrogen) atoms. The molecule has 2 aliphatic rings. The van der Waals surface area contributed by atoms with Crippen LogP contribution in [0.2, 0.25) is 10.0 Å². The minimum Gasteiger partial charge on any atom is -0.480 e. The lowest BCUT2D eigenvalue weighted by molar-refractivity contribution is -0.165. The number of carbonyl (C=O) groups excluding carboxylic acids is 2. The second-order valence-corrected chi connectivity index (χ2v) is 11.3. The van der Waals surface area contributed by atoms with Gasteiger partial charge in [-0.1, -0.05) is 30.1 Å². The average molecular weight is 488 g/mol. The zero-order chi connectivity index (χ0) is 22.4. The van der Waals surface area contributed by atoms with Crippen LogP contribution in [0.15, 0.2) is 23.1 Å². The number of carbonyl (C=O) groups is 3. The summed E-state index contributed by atoms with van der Waals surface area (Å²) >= 11 is 14.6. The van der Waals surface area contributed by atoms with Crippen molar-refractivity contribution < 1.29 is 19.5 Å². The molecule has 2 N–H and O–H groups in total. The first kappa shape index (κ1) is 23.1. The highest BCUT2D eigenvalue weighted by Gasteiger charge is 2.73. The Balaban J connectivity index is 1.82. The van der Waals surface area contributed by atoms with E-state index in [2.05, 4.69) is 5.32 Å². The third kappa shape index (κ3) is 3.64. The zero-order valence-electron chi connectivity index (χ0n) is 16.3. The normalized spacial score (nSPS) is 27.6. The highest BCUT2D eigenvalue weighted by Crippen LogP contribution is 2.54. The lowest BCUT2D eigenvalue weighted by Crippen LogP contribution is -2.79. The average Bonchev–Trinajstić information content (AvgIpc) is 2.95. The van der Waals surface area contributed by atoms with Crippen LogP contribution in [-0.2, 0) is 14.4 Å². The summed E-state index contributed by atoms with van der Waals surface area (Å²) in [6.07, 6.45) is 0.416. The van der Waals surface area contributed by atoms with E-state index in [-0.39, 0.29) is 0 Å². The van der Waals surface area contributed by atoms with Crippen molar-refractivity contribution in [2.75, 3.05) is 0 Å². The van der Waals surface area contributed by atoms with Crippen molar-refractivity contribution in [2.45, 2.75) is 59.0 Å². The number of nitrogens with zero attached hydrogens (tertiary/aromatic N) is 2. The molecule has 11 heteroatoms. The molecule has 0 saturated carbocycles. The summed E-state index contributed by atoms with van der Waals surface area (Å²) in [6.45, 7) is 5.22. The molecule has 2 amide bonds. The maximum atomic E-state index is 13.0. The quantitative estimate of drug-likeness (QED) is 0.467. The predicted octanol–water partition coefficient (Wildman–Crippen LogP) is 3.39. The van der Waals surface area contributed by atoms with E-state index in [1.165, 1.54) is 28.4 Å². The standard InChI is InChI=1S/C19H19Cl2N3O4S2/c1-4-11(29-12-7-9(20)5-6-10(12)21)14(25)23-19(8-22)16(28)24-13(15(26)27)18(2,3)30-17(19)24/h5-7,11,13,17H,4H2,1-3H3,(H,23,25)(H,26,27)/t11?,13-,17+,19-/m0/s1. The van der Waals surface area contributed by atoms with Crippen molar-refractivity contribution in [3.63, 3.8) is 0 Å². The third-order valence-corrected chi connectivity index (χ3v) is 8.84. The zero-order valence-corrected chi connectivity index (χ0v) is 19.5. The summed E-state index contributed by atoms with van der Waals surface area (Å²) in [4.78, 5) is 39.3. The largest absolute Gasteiger partial charge is 0.480 e. The molecule has 0 spiro atoms. The molecule has 2 heterocycles. The smallest absolute Gasteiger partial charge is 0.327 e. The SMILES string of the molecule is CCC(Sc1cc(Cl)ccc1Cl)C(=O)N[C@@]1(C#N)C(=O)N2[C@@H](C(=O)O)C(C)(C)S[C@@H]21. The highest BCUT2D eigenvalue weighted by atomic mass is 35.5. The molecule has 0 aliphatic carbocycles. The van der Waals surface area contributed by atoms with E-state index in [4.69, 9.17) is 23.2 Å². The second-order valence-electron chi connectivity index (χ2n) is 7.53. The minimum atomic E-state index is -1.80. The van der Waals surface area contributed by atoms with Gasteiger partial charge < -0.3 is 15.3 Å². The van der Waals surface area contributed by atoms with Gasteiger partial charge >= 0.3 is 5.97 Å². The molecule has 2 aliphatic heterocycles. The summed E-state index contributed by atoms with van der Waals surface area (Å²) in [5, 5.41) is 21.5. The fourth-order valence-corrected chi connectivity index (χ4v) is 6.77. The highest BCUT2D eigenvalue weighted by molar-refractivity contribution is 8.01. The van der Waals surface area contributed by atoms with E-state index in [0.717, 1.165) is 0 Å². The van der Waals surface area contributed by atoms with Crippen LogP contribution in [0.25, 0.3) is 0 Å². The van der Waals surface area contributed by atoms with Gasteiger partial charge in [0.2, 0.25) is 11.4 Å². The Labute approximate surface area is 192 Å². The molecule has 1 aromatic carbocycles. The number of benzene rings is 1. The van der Waals surface area contributed by atoms with Gasteiger partial charge in [0, 0.05) is 14.7 Å². The number of carboxylic acid groups (broad SMARTS) is 1. The Bertz CT molecular complexity index is 968. The fraction of sp³-hybridized carbons (Fsp3) is 0.474. The number of aliphatic carboxylic acids is 1. The van der Waals surface area contributed by atoms with Gasteiger partial charge in [0.25, 0.3) is 5.91 Å². The van der Waals surface area contributed by atoms with Crippen molar-refractivity contribution >= 4 is 64.5 Å². The Morgan fingerprint density at radius 2 is 2.10 bits per heavy atom. The van der Waals surface area contributed by atoms with Gasteiger partial charge in [-0.05, 0) is 38.5 Å². The molecular weight excluding hydrogens is 469 g/mol. The maximum absolute atomic E-state index is 13.0. The van der Waals surface area contributed by atoms with E-state index in [1.807, 2.05) is 6.07 Å². The number of β-lactam (4-membered cyclic amide) rings is 1. The number of amides is 2. The van der Waals surface area contributed by atoms with Crippen LogP contribution >= 0.6 is 46.7 Å². The Kier molecular flexibility index (Phi) is 6.27. The summed E-state index contributed by atoms with van der Waals surface area (Å²) in [6, 6.07) is 5.78. The number of rotatable bonds is 6. The van der Waals surface area contributed by atoms with Crippen molar-refractivity contribution in [3.05, 3.63) is 28.2 Å². The summed E-state index contributed by atoms with van der Waals surface area (Å²) in [5.41, 5.74) is -1.80. The third-order valence-electron chi connectivity index (χ3n) is 5.10. The first-order valence-corrected chi connectivity index (χ1v) is 11.6. The molecule has 4 atom stereocenters. The number of hydrogen-bond acceptors (Lipinski definition) is 6. The van der Waals surface area contributed by atoms with E-state index < -0.39 is 44.7 Å². The molecule has 2 fully saturated rings. The van der Waals surface area contributed by atoms with Crippen molar-refractivity contribution in [2.24, 2.45) is 0 Å². The molecule has 1 unspecified atom stereocenters. The van der Waals surface area contributed by atoms with Crippen LogP contribution in [0.5, 0.6) is 0 Å². The molecule has 0 aromatic heterocycles. The van der Waals surface area contributed by atoms with E-state index >= 15 is 0 Å². The molecule has 2 saturated heterocycles. The summed E-state index contributed by atoms with van der Waals surface area (Å²) < 4.78 is -0.803. The number of nitriles is 1. The van der Waals surface area contributed by atoms with Gasteiger partial charge in [-0.2, -0.15) is 5.26 Å². The van der Waals surface area contributed by atoms with Crippen LogP contribution in [0.4, 0.5) is 0 Å². The monoisotopic (exact) mass is 487 g/mol. The maximum Gasteiger partial charge on any atom is 0.327 e. The number of hydrogen-bond donors (Lipinski definition) is 2.